The van der Waals surface area contributed by atoms with Crippen LogP contribution in [0.15, 0.2) is 54.6 Å². The molecule has 7 nitrogen and oxygen atoms in total. The zero-order chi connectivity index (χ0) is 20.5. The molecule has 0 fully saturated rings. The molecule has 0 saturated carbocycles. The second-order valence-electron chi connectivity index (χ2n) is 6.10. The zero-order valence-corrected chi connectivity index (χ0v) is 15.6. The molecule has 0 saturated heterocycles. The molecule has 148 valence electrons. The van der Waals surface area contributed by atoms with Gasteiger partial charge in [0.25, 0.3) is 5.91 Å². The summed E-state index contributed by atoms with van der Waals surface area (Å²) in [5.41, 5.74) is 5.27. The number of para-hydroxylation sites is 1. The average molecular weight is 387 g/mol. The number of halogens is 1. The molecule has 2 atom stereocenters. The van der Waals surface area contributed by atoms with Gasteiger partial charge in [0.05, 0.1) is 12.5 Å². The number of hydrazine groups is 1. The number of hydrogen-bond donors (Lipinski definition) is 3. The van der Waals surface area contributed by atoms with Crippen molar-refractivity contribution in [3.05, 3.63) is 66.0 Å². The van der Waals surface area contributed by atoms with Crippen molar-refractivity contribution in [1.82, 2.24) is 16.2 Å². The van der Waals surface area contributed by atoms with Crippen LogP contribution in [0.4, 0.5) is 4.39 Å². The maximum atomic E-state index is 13.6. The Bertz CT molecular complexity index is 829. The zero-order valence-electron chi connectivity index (χ0n) is 15.6. The van der Waals surface area contributed by atoms with E-state index in [1.54, 1.807) is 30.3 Å². The van der Waals surface area contributed by atoms with Crippen LogP contribution in [-0.4, -0.2) is 23.8 Å². The van der Waals surface area contributed by atoms with Gasteiger partial charge in [-0.05, 0) is 24.6 Å². The van der Waals surface area contributed by atoms with Crippen molar-refractivity contribution in [3.8, 4) is 5.75 Å². The molecule has 2 aromatic rings. The van der Waals surface area contributed by atoms with Crippen LogP contribution >= 0.6 is 0 Å². The van der Waals surface area contributed by atoms with Gasteiger partial charge in [-0.15, -0.1) is 0 Å². The van der Waals surface area contributed by atoms with Gasteiger partial charge in [0.15, 0.2) is 17.7 Å². The molecule has 2 rings (SSSR count). The number of carbonyl (C=O) groups is 3. The standard InChI is InChI=1S/C20H22FN3O4/c1-13(28-18-11-7-6-10-16(18)21)20(27)24-23-19(26)12-17(22-14(2)25)15-8-4-3-5-9-15/h3-11,13,17H,12H2,1-2H3,(H,22,25)(H,23,26)(H,24,27)/t13-,17-/m1/s1. The molecule has 3 amide bonds. The Morgan fingerprint density at radius 3 is 2.29 bits per heavy atom. The second kappa shape index (κ2) is 10.1. The summed E-state index contributed by atoms with van der Waals surface area (Å²) in [7, 11) is 0. The van der Waals surface area contributed by atoms with E-state index in [1.807, 2.05) is 6.07 Å². The van der Waals surface area contributed by atoms with Crippen LogP contribution in [0.3, 0.4) is 0 Å². The van der Waals surface area contributed by atoms with Gasteiger partial charge in [0.2, 0.25) is 11.8 Å². The highest BCUT2D eigenvalue weighted by Crippen LogP contribution is 2.17. The van der Waals surface area contributed by atoms with Gasteiger partial charge in [-0.3, -0.25) is 25.2 Å². The van der Waals surface area contributed by atoms with E-state index < -0.39 is 29.8 Å². The summed E-state index contributed by atoms with van der Waals surface area (Å²) in [6.45, 7) is 2.79. The molecule has 0 radical (unpaired) electrons. The molecule has 28 heavy (non-hydrogen) atoms. The van der Waals surface area contributed by atoms with Crippen LogP contribution in [-0.2, 0) is 14.4 Å². The molecule has 0 aliphatic carbocycles. The van der Waals surface area contributed by atoms with Crippen LogP contribution in [0.2, 0.25) is 0 Å². The van der Waals surface area contributed by atoms with Gasteiger partial charge in [0, 0.05) is 6.92 Å². The minimum Gasteiger partial charge on any atom is -0.478 e. The van der Waals surface area contributed by atoms with Gasteiger partial charge in [-0.2, -0.15) is 0 Å². The van der Waals surface area contributed by atoms with Crippen molar-refractivity contribution in [2.75, 3.05) is 0 Å². The maximum Gasteiger partial charge on any atom is 0.279 e. The van der Waals surface area contributed by atoms with Gasteiger partial charge in [-0.1, -0.05) is 42.5 Å². The molecule has 2 aromatic carbocycles. The lowest BCUT2D eigenvalue weighted by atomic mass is 10.0. The number of ether oxygens (including phenoxy) is 1. The third kappa shape index (κ3) is 6.39. The van der Waals surface area contributed by atoms with Crippen molar-refractivity contribution in [1.29, 1.82) is 0 Å². The van der Waals surface area contributed by atoms with Crippen LogP contribution < -0.4 is 20.9 Å². The minimum atomic E-state index is -1.03. The lowest BCUT2D eigenvalue weighted by Crippen LogP contribution is -2.48. The van der Waals surface area contributed by atoms with Gasteiger partial charge in [-0.25, -0.2) is 4.39 Å². The Kier molecular flexibility index (Phi) is 7.50. The molecule has 0 aliphatic heterocycles. The molecular weight excluding hydrogens is 365 g/mol. The van der Waals surface area contributed by atoms with E-state index in [0.717, 1.165) is 5.56 Å². The average Bonchev–Trinajstić information content (AvgIpc) is 2.67. The highest BCUT2D eigenvalue weighted by Gasteiger charge is 2.20. The summed E-state index contributed by atoms with van der Waals surface area (Å²) >= 11 is 0. The Morgan fingerprint density at radius 1 is 1.00 bits per heavy atom. The van der Waals surface area contributed by atoms with Crippen LogP contribution in [0.25, 0.3) is 0 Å². The SMILES string of the molecule is CC(=O)N[C@H](CC(=O)NNC(=O)[C@@H](C)Oc1ccccc1F)c1ccccc1. The van der Waals surface area contributed by atoms with Gasteiger partial charge in [0.1, 0.15) is 0 Å². The largest absolute Gasteiger partial charge is 0.478 e. The van der Waals surface area contributed by atoms with Crippen molar-refractivity contribution in [2.24, 2.45) is 0 Å². The van der Waals surface area contributed by atoms with Crippen molar-refractivity contribution in [2.45, 2.75) is 32.4 Å². The number of hydrogen-bond acceptors (Lipinski definition) is 4. The number of nitrogens with one attached hydrogen (secondary N) is 3. The fourth-order valence-electron chi connectivity index (χ4n) is 2.44. The van der Waals surface area contributed by atoms with E-state index in [9.17, 15) is 18.8 Å². The first-order chi connectivity index (χ1) is 13.4. The van der Waals surface area contributed by atoms with Crippen LogP contribution in [0.5, 0.6) is 5.75 Å². The van der Waals surface area contributed by atoms with E-state index in [0.29, 0.717) is 0 Å². The first kappa shape index (κ1) is 20.9. The number of amides is 3. The maximum absolute atomic E-state index is 13.6. The number of benzene rings is 2. The van der Waals surface area contributed by atoms with Gasteiger partial charge < -0.3 is 10.1 Å². The molecule has 0 bridgehead atoms. The first-order valence-electron chi connectivity index (χ1n) is 8.68. The molecule has 3 N–H and O–H groups in total. The van der Waals surface area contributed by atoms with E-state index in [1.165, 1.54) is 32.0 Å². The topological polar surface area (TPSA) is 96.5 Å². The van der Waals surface area contributed by atoms with Crippen molar-refractivity contribution < 1.29 is 23.5 Å². The van der Waals surface area contributed by atoms with E-state index in [4.69, 9.17) is 4.74 Å². The Labute approximate surface area is 162 Å². The molecule has 0 aromatic heterocycles. The summed E-state index contributed by atoms with van der Waals surface area (Å²) in [6, 6.07) is 14.2. The van der Waals surface area contributed by atoms with Crippen LogP contribution in [0, 0.1) is 5.82 Å². The third-order valence-electron chi connectivity index (χ3n) is 3.80. The summed E-state index contributed by atoms with van der Waals surface area (Å²) < 4.78 is 18.8. The monoisotopic (exact) mass is 387 g/mol. The molecular formula is C20H22FN3O4. The highest BCUT2D eigenvalue weighted by molar-refractivity contribution is 5.85. The quantitative estimate of drug-likeness (QED) is 0.633. The molecule has 0 spiro atoms. The van der Waals surface area contributed by atoms with E-state index in [2.05, 4.69) is 16.2 Å². The normalized spacial score (nSPS) is 12.4. The number of carbonyl (C=O) groups excluding carboxylic acids is 3. The van der Waals surface area contributed by atoms with Crippen molar-refractivity contribution >= 4 is 17.7 Å². The molecule has 0 unspecified atom stereocenters. The summed E-state index contributed by atoms with van der Waals surface area (Å²) in [5.74, 6) is -2.09. The predicted octanol–water partition coefficient (Wildman–Crippen LogP) is 2.01. The second-order valence-corrected chi connectivity index (χ2v) is 6.10. The lowest BCUT2D eigenvalue weighted by Gasteiger charge is -2.19. The summed E-state index contributed by atoms with van der Waals surface area (Å²) in [5, 5.41) is 2.70. The first-order valence-corrected chi connectivity index (χ1v) is 8.68. The van der Waals surface area contributed by atoms with Gasteiger partial charge >= 0.3 is 0 Å². The van der Waals surface area contributed by atoms with E-state index in [-0.39, 0.29) is 18.1 Å². The minimum absolute atomic E-state index is 0.0636. The predicted molar refractivity (Wildman–Crippen MR) is 100 cm³/mol. The number of rotatable bonds is 7. The smallest absolute Gasteiger partial charge is 0.279 e. The summed E-state index contributed by atoms with van der Waals surface area (Å²) in [4.78, 5) is 35.6. The Balaban J connectivity index is 1.88. The van der Waals surface area contributed by atoms with Crippen molar-refractivity contribution in [3.63, 3.8) is 0 Å². The summed E-state index contributed by atoms with van der Waals surface area (Å²) in [6.07, 6.45) is -1.11. The van der Waals surface area contributed by atoms with Crippen LogP contribution in [0.1, 0.15) is 31.9 Å². The van der Waals surface area contributed by atoms with E-state index >= 15 is 0 Å². The third-order valence-corrected chi connectivity index (χ3v) is 3.80. The Morgan fingerprint density at radius 2 is 1.64 bits per heavy atom. The molecule has 0 heterocycles. The fourth-order valence-corrected chi connectivity index (χ4v) is 2.44. The molecule has 8 heteroatoms. The molecule has 0 aliphatic rings. The Hall–Kier alpha value is -3.42. The lowest BCUT2D eigenvalue weighted by molar-refractivity contribution is -0.133. The fraction of sp³-hybridized carbons (Fsp3) is 0.250. The highest BCUT2D eigenvalue weighted by atomic mass is 19.1.